The molecule has 1 amide bonds. The fourth-order valence-corrected chi connectivity index (χ4v) is 1.94. The predicted molar refractivity (Wildman–Crippen MR) is 80.3 cm³/mol. The Labute approximate surface area is 122 Å². The van der Waals surface area contributed by atoms with Gasteiger partial charge in [-0.3, -0.25) is 4.79 Å². The smallest absolute Gasteiger partial charge is 0.227 e. The van der Waals surface area contributed by atoms with Crippen LogP contribution in [0.25, 0.3) is 0 Å². The van der Waals surface area contributed by atoms with Crippen molar-refractivity contribution in [3.63, 3.8) is 0 Å². The number of nitrogens with zero attached hydrogens (tertiary/aromatic N) is 1. The molecular weight excluding hydrogens is 274 g/mol. The number of carbonyl (C=O) groups is 1. The fourth-order valence-electron chi connectivity index (χ4n) is 1.81. The number of carbonyl (C=O) groups excluding carboxylic acids is 1. The molecule has 102 valence electrons. The lowest BCUT2D eigenvalue weighted by molar-refractivity contribution is -0.117. The van der Waals surface area contributed by atoms with E-state index in [0.29, 0.717) is 5.02 Å². The first-order chi connectivity index (χ1) is 9.70. The minimum absolute atomic E-state index is 0.0882. The van der Waals surface area contributed by atoms with Crippen molar-refractivity contribution in [3.05, 3.63) is 47.6 Å². The first-order valence-electron chi connectivity index (χ1n) is 6.50. The zero-order valence-corrected chi connectivity index (χ0v) is 11.5. The van der Waals surface area contributed by atoms with Gasteiger partial charge in [-0.1, -0.05) is 11.6 Å². The van der Waals surface area contributed by atoms with E-state index in [-0.39, 0.29) is 11.8 Å². The monoisotopic (exact) mass is 287 g/mol. The number of aromatic nitrogens is 1. The number of anilines is 3. The Bertz CT molecular complexity index is 606. The first-order valence-corrected chi connectivity index (χ1v) is 6.88. The summed E-state index contributed by atoms with van der Waals surface area (Å²) >= 11 is 5.83. The maximum absolute atomic E-state index is 11.6. The third-order valence-corrected chi connectivity index (χ3v) is 3.35. The molecule has 1 aromatic carbocycles. The minimum Gasteiger partial charge on any atom is -0.340 e. The van der Waals surface area contributed by atoms with Crippen LogP contribution in [0.4, 0.5) is 17.2 Å². The standard InChI is InChI=1S/C15H14ClN3O/c16-11-3-5-12(6-4-11)18-14-8-7-13(9-17-14)19-15(20)10-1-2-10/h3-10H,1-2H2,(H,17,18)(H,19,20). The van der Waals surface area contributed by atoms with Crippen molar-refractivity contribution in [2.75, 3.05) is 10.6 Å². The van der Waals surface area contributed by atoms with Gasteiger partial charge in [-0.15, -0.1) is 0 Å². The largest absolute Gasteiger partial charge is 0.340 e. The second-order valence-corrected chi connectivity index (χ2v) is 5.26. The zero-order chi connectivity index (χ0) is 13.9. The number of pyridine rings is 1. The third kappa shape index (κ3) is 3.27. The molecule has 1 heterocycles. The second-order valence-electron chi connectivity index (χ2n) is 4.83. The van der Waals surface area contributed by atoms with E-state index in [2.05, 4.69) is 15.6 Å². The lowest BCUT2D eigenvalue weighted by Crippen LogP contribution is -2.13. The highest BCUT2D eigenvalue weighted by molar-refractivity contribution is 6.30. The molecule has 1 saturated carbocycles. The van der Waals surface area contributed by atoms with Crippen molar-refractivity contribution < 1.29 is 4.79 Å². The SMILES string of the molecule is O=C(Nc1ccc(Nc2ccc(Cl)cc2)nc1)C1CC1. The number of hydrogen-bond donors (Lipinski definition) is 2. The van der Waals surface area contributed by atoms with Gasteiger partial charge in [0.1, 0.15) is 5.82 Å². The van der Waals surface area contributed by atoms with Crippen molar-refractivity contribution in [1.82, 2.24) is 4.98 Å². The van der Waals surface area contributed by atoms with E-state index in [9.17, 15) is 4.79 Å². The predicted octanol–water partition coefficient (Wildman–Crippen LogP) is 3.83. The lowest BCUT2D eigenvalue weighted by Gasteiger charge is -2.07. The Kier molecular flexibility index (Phi) is 3.56. The van der Waals surface area contributed by atoms with E-state index in [1.807, 2.05) is 36.4 Å². The Morgan fingerprint density at radius 3 is 2.40 bits per heavy atom. The molecule has 1 aliphatic carbocycles. The van der Waals surface area contributed by atoms with Crippen LogP contribution in [0.3, 0.4) is 0 Å². The van der Waals surface area contributed by atoms with Crippen LogP contribution >= 0.6 is 11.6 Å². The van der Waals surface area contributed by atoms with E-state index in [4.69, 9.17) is 11.6 Å². The number of hydrogen-bond acceptors (Lipinski definition) is 3. The van der Waals surface area contributed by atoms with Crippen molar-refractivity contribution in [1.29, 1.82) is 0 Å². The van der Waals surface area contributed by atoms with Crippen LogP contribution in [-0.4, -0.2) is 10.9 Å². The van der Waals surface area contributed by atoms with Gasteiger partial charge in [0.15, 0.2) is 0 Å². The molecule has 5 heteroatoms. The van der Waals surface area contributed by atoms with E-state index >= 15 is 0 Å². The molecule has 1 aromatic heterocycles. The fraction of sp³-hybridized carbons (Fsp3) is 0.200. The molecule has 0 radical (unpaired) electrons. The molecule has 2 N–H and O–H groups in total. The van der Waals surface area contributed by atoms with Crippen molar-refractivity contribution in [2.45, 2.75) is 12.8 Å². The molecule has 1 fully saturated rings. The summed E-state index contributed by atoms with van der Waals surface area (Å²) in [5.74, 6) is 1.00. The number of benzene rings is 1. The van der Waals surface area contributed by atoms with Crippen LogP contribution < -0.4 is 10.6 Å². The molecule has 0 saturated heterocycles. The van der Waals surface area contributed by atoms with E-state index in [1.165, 1.54) is 0 Å². The highest BCUT2D eigenvalue weighted by atomic mass is 35.5. The van der Waals surface area contributed by atoms with Gasteiger partial charge in [-0.2, -0.15) is 0 Å². The summed E-state index contributed by atoms with van der Waals surface area (Å²) < 4.78 is 0. The van der Waals surface area contributed by atoms with Crippen LogP contribution in [0.1, 0.15) is 12.8 Å². The average molecular weight is 288 g/mol. The van der Waals surface area contributed by atoms with E-state index in [1.54, 1.807) is 6.20 Å². The van der Waals surface area contributed by atoms with Gasteiger partial charge in [0.05, 0.1) is 11.9 Å². The molecule has 0 bridgehead atoms. The molecule has 0 unspecified atom stereocenters. The molecule has 0 atom stereocenters. The van der Waals surface area contributed by atoms with Crippen LogP contribution in [-0.2, 0) is 4.79 Å². The molecule has 1 aliphatic rings. The summed E-state index contributed by atoms with van der Waals surface area (Å²) in [6.45, 7) is 0. The quantitative estimate of drug-likeness (QED) is 0.898. The third-order valence-electron chi connectivity index (χ3n) is 3.10. The molecule has 4 nitrogen and oxygen atoms in total. The van der Waals surface area contributed by atoms with Crippen LogP contribution in [0, 0.1) is 5.92 Å². The van der Waals surface area contributed by atoms with Crippen molar-refractivity contribution >= 4 is 34.7 Å². The molecular formula is C15H14ClN3O. The zero-order valence-electron chi connectivity index (χ0n) is 10.8. The van der Waals surface area contributed by atoms with Crippen LogP contribution in [0.15, 0.2) is 42.6 Å². The maximum Gasteiger partial charge on any atom is 0.227 e. The maximum atomic E-state index is 11.6. The highest BCUT2D eigenvalue weighted by Crippen LogP contribution is 2.30. The van der Waals surface area contributed by atoms with Gasteiger partial charge >= 0.3 is 0 Å². The molecule has 2 aromatic rings. The summed E-state index contributed by atoms with van der Waals surface area (Å²) in [4.78, 5) is 15.9. The van der Waals surface area contributed by atoms with Crippen molar-refractivity contribution in [3.8, 4) is 0 Å². The van der Waals surface area contributed by atoms with Gasteiger partial charge in [0.25, 0.3) is 0 Å². The van der Waals surface area contributed by atoms with Gasteiger partial charge in [-0.05, 0) is 49.2 Å². The van der Waals surface area contributed by atoms with E-state index < -0.39 is 0 Å². The normalized spacial score (nSPS) is 13.8. The summed E-state index contributed by atoms with van der Waals surface area (Å²) in [5, 5.41) is 6.72. The Morgan fingerprint density at radius 2 is 1.80 bits per heavy atom. The Hall–Kier alpha value is -2.07. The number of nitrogens with one attached hydrogen (secondary N) is 2. The van der Waals surface area contributed by atoms with Gasteiger partial charge in [0, 0.05) is 16.6 Å². The summed E-state index contributed by atoms with van der Waals surface area (Å²) in [7, 11) is 0. The minimum atomic E-state index is 0.0882. The first kappa shape index (κ1) is 12.9. The summed E-state index contributed by atoms with van der Waals surface area (Å²) in [6, 6.07) is 11.1. The highest BCUT2D eigenvalue weighted by Gasteiger charge is 2.29. The topological polar surface area (TPSA) is 54.0 Å². The molecule has 3 rings (SSSR count). The van der Waals surface area contributed by atoms with Gasteiger partial charge in [-0.25, -0.2) is 4.98 Å². The number of amides is 1. The average Bonchev–Trinajstić information content (AvgIpc) is 3.28. The number of rotatable bonds is 4. The van der Waals surface area contributed by atoms with E-state index in [0.717, 1.165) is 30.0 Å². The Morgan fingerprint density at radius 1 is 1.10 bits per heavy atom. The summed E-state index contributed by atoms with van der Waals surface area (Å²) in [6.07, 6.45) is 3.64. The van der Waals surface area contributed by atoms with Crippen molar-refractivity contribution in [2.24, 2.45) is 5.92 Å². The molecule has 20 heavy (non-hydrogen) atoms. The van der Waals surface area contributed by atoms with Gasteiger partial charge in [0.2, 0.25) is 5.91 Å². The van der Waals surface area contributed by atoms with Gasteiger partial charge < -0.3 is 10.6 Å². The second kappa shape index (κ2) is 5.51. The van der Waals surface area contributed by atoms with Crippen LogP contribution in [0.2, 0.25) is 5.02 Å². The number of halogens is 1. The Balaban J connectivity index is 1.63. The van der Waals surface area contributed by atoms with Crippen LogP contribution in [0.5, 0.6) is 0 Å². The lowest BCUT2D eigenvalue weighted by atomic mass is 10.3. The summed E-state index contributed by atoms with van der Waals surface area (Å²) in [5.41, 5.74) is 1.64. The molecule has 0 aliphatic heterocycles. The molecule has 0 spiro atoms.